The summed E-state index contributed by atoms with van der Waals surface area (Å²) >= 11 is 9.09. The van der Waals surface area contributed by atoms with Gasteiger partial charge in [-0.15, -0.1) is 12.3 Å². The van der Waals surface area contributed by atoms with Gasteiger partial charge < -0.3 is 0 Å². The maximum absolute atomic E-state index is 11.7. The third-order valence-electron chi connectivity index (χ3n) is 1.96. The molecular weight excluding hydrogens is 275 g/mol. The monoisotopic (exact) mass is 284 g/mol. The summed E-state index contributed by atoms with van der Waals surface area (Å²) in [5.41, 5.74) is 0.663. The van der Waals surface area contributed by atoms with Crippen molar-refractivity contribution in [2.75, 3.05) is 0 Å². The smallest absolute Gasteiger partial charge is 0.164 e. The number of hydrogen-bond acceptors (Lipinski definition) is 1. The number of terminal acetylenes is 1. The van der Waals surface area contributed by atoms with E-state index in [1.54, 1.807) is 18.2 Å². The van der Waals surface area contributed by atoms with E-state index >= 15 is 0 Å². The Hall–Kier alpha value is -0.780. The van der Waals surface area contributed by atoms with E-state index in [2.05, 4.69) is 21.9 Å². The highest BCUT2D eigenvalue weighted by Crippen LogP contribution is 2.23. The number of benzene rings is 1. The summed E-state index contributed by atoms with van der Waals surface area (Å²) in [7, 11) is 0. The summed E-state index contributed by atoms with van der Waals surface area (Å²) in [5, 5.41) is 0.613. The van der Waals surface area contributed by atoms with E-state index in [1.165, 1.54) is 0 Å². The van der Waals surface area contributed by atoms with Gasteiger partial charge in [0.15, 0.2) is 5.78 Å². The van der Waals surface area contributed by atoms with Gasteiger partial charge in [-0.3, -0.25) is 4.79 Å². The summed E-state index contributed by atoms with van der Waals surface area (Å²) in [4.78, 5) is 11.7. The fourth-order valence-corrected chi connectivity index (χ4v) is 2.11. The number of ketones is 1. The summed E-state index contributed by atoms with van der Waals surface area (Å²) in [5.74, 6) is 2.60. The lowest BCUT2D eigenvalue weighted by atomic mass is 10.1. The quantitative estimate of drug-likeness (QED) is 0.463. The second-order valence-electron chi connectivity index (χ2n) is 3.11. The highest BCUT2D eigenvalue weighted by Gasteiger charge is 2.09. The predicted octanol–water partition coefficient (Wildman–Crippen LogP) is 4.09. The Morgan fingerprint density at radius 2 is 2.27 bits per heavy atom. The SMILES string of the molecule is C#CCCCC(=O)c1ccc(Cl)cc1Br. The van der Waals surface area contributed by atoms with Crippen molar-refractivity contribution in [3.8, 4) is 12.3 Å². The van der Waals surface area contributed by atoms with Crippen molar-refractivity contribution >= 4 is 33.3 Å². The van der Waals surface area contributed by atoms with E-state index in [-0.39, 0.29) is 5.78 Å². The highest BCUT2D eigenvalue weighted by molar-refractivity contribution is 9.10. The lowest BCUT2D eigenvalue weighted by Gasteiger charge is -2.03. The molecule has 78 valence electrons. The third-order valence-corrected chi connectivity index (χ3v) is 2.85. The number of carbonyl (C=O) groups is 1. The Kier molecular flexibility index (Phi) is 4.87. The Balaban J connectivity index is 2.70. The Bertz CT molecular complexity index is 407. The minimum atomic E-state index is 0.0915. The van der Waals surface area contributed by atoms with E-state index in [0.29, 0.717) is 23.4 Å². The van der Waals surface area contributed by atoms with Gasteiger partial charge in [0.2, 0.25) is 0 Å². The van der Waals surface area contributed by atoms with Gasteiger partial charge in [0.25, 0.3) is 0 Å². The molecule has 0 fully saturated rings. The molecule has 15 heavy (non-hydrogen) atoms. The van der Waals surface area contributed by atoms with Gasteiger partial charge in [-0.2, -0.15) is 0 Å². The number of halogens is 2. The van der Waals surface area contributed by atoms with Gasteiger partial charge in [-0.25, -0.2) is 0 Å². The molecule has 0 radical (unpaired) electrons. The fraction of sp³-hybridized carbons (Fsp3) is 0.250. The average Bonchev–Trinajstić information content (AvgIpc) is 2.17. The largest absolute Gasteiger partial charge is 0.294 e. The summed E-state index contributed by atoms with van der Waals surface area (Å²) in [6.07, 6.45) is 6.95. The van der Waals surface area contributed by atoms with Crippen LogP contribution in [0.4, 0.5) is 0 Å². The van der Waals surface area contributed by atoms with Crippen molar-refractivity contribution in [2.24, 2.45) is 0 Å². The molecule has 1 rings (SSSR count). The summed E-state index contributed by atoms with van der Waals surface area (Å²) < 4.78 is 0.737. The van der Waals surface area contributed by atoms with Crippen LogP contribution in [0.15, 0.2) is 22.7 Å². The van der Waals surface area contributed by atoms with Gasteiger partial charge >= 0.3 is 0 Å². The van der Waals surface area contributed by atoms with E-state index < -0.39 is 0 Å². The lowest BCUT2D eigenvalue weighted by Crippen LogP contribution is -1.99. The minimum Gasteiger partial charge on any atom is -0.294 e. The second-order valence-corrected chi connectivity index (χ2v) is 4.40. The molecule has 0 aliphatic rings. The highest BCUT2D eigenvalue weighted by atomic mass is 79.9. The van der Waals surface area contributed by atoms with Gasteiger partial charge in [0.1, 0.15) is 0 Å². The molecule has 0 saturated heterocycles. The van der Waals surface area contributed by atoms with Crippen LogP contribution < -0.4 is 0 Å². The van der Waals surface area contributed by atoms with Gasteiger partial charge in [-0.05, 0) is 40.5 Å². The molecule has 0 aromatic heterocycles. The van der Waals surface area contributed by atoms with Crippen molar-refractivity contribution in [3.05, 3.63) is 33.3 Å². The van der Waals surface area contributed by atoms with Crippen molar-refractivity contribution in [2.45, 2.75) is 19.3 Å². The molecule has 0 amide bonds. The molecule has 0 unspecified atom stereocenters. The van der Waals surface area contributed by atoms with Crippen LogP contribution >= 0.6 is 27.5 Å². The van der Waals surface area contributed by atoms with Crippen LogP contribution in [0, 0.1) is 12.3 Å². The zero-order valence-corrected chi connectivity index (χ0v) is 10.4. The second kappa shape index (κ2) is 5.95. The molecule has 0 saturated carbocycles. The molecule has 0 N–H and O–H groups in total. The van der Waals surface area contributed by atoms with Crippen LogP contribution in [-0.2, 0) is 0 Å². The molecule has 3 heteroatoms. The van der Waals surface area contributed by atoms with E-state index in [9.17, 15) is 4.79 Å². The molecule has 0 heterocycles. The van der Waals surface area contributed by atoms with Crippen molar-refractivity contribution in [1.29, 1.82) is 0 Å². The molecule has 0 spiro atoms. The maximum Gasteiger partial charge on any atom is 0.164 e. The molecule has 1 aromatic rings. The third kappa shape index (κ3) is 3.70. The van der Waals surface area contributed by atoms with Crippen LogP contribution in [0.25, 0.3) is 0 Å². The Labute approximate surface area is 103 Å². The number of Topliss-reactive ketones (excluding diaryl/α,β-unsaturated/α-hetero) is 1. The molecular formula is C12H10BrClO. The van der Waals surface area contributed by atoms with Crippen molar-refractivity contribution < 1.29 is 4.79 Å². The number of carbonyl (C=O) groups excluding carboxylic acids is 1. The standard InChI is InChI=1S/C12H10BrClO/c1-2-3-4-5-12(15)10-7-6-9(14)8-11(10)13/h1,6-8H,3-5H2. The minimum absolute atomic E-state index is 0.0915. The zero-order valence-electron chi connectivity index (χ0n) is 8.09. The van der Waals surface area contributed by atoms with Gasteiger partial charge in [-0.1, -0.05) is 11.6 Å². The van der Waals surface area contributed by atoms with E-state index in [4.69, 9.17) is 18.0 Å². The number of unbranched alkanes of at least 4 members (excludes halogenated alkanes) is 1. The summed E-state index contributed by atoms with van der Waals surface area (Å²) in [6.45, 7) is 0. The van der Waals surface area contributed by atoms with E-state index in [0.717, 1.165) is 10.9 Å². The molecule has 0 aliphatic carbocycles. The Morgan fingerprint density at radius 1 is 1.53 bits per heavy atom. The molecule has 0 aliphatic heterocycles. The van der Waals surface area contributed by atoms with Crippen LogP contribution in [0.3, 0.4) is 0 Å². The molecule has 0 atom stereocenters. The van der Waals surface area contributed by atoms with Gasteiger partial charge in [0, 0.05) is 27.9 Å². The Morgan fingerprint density at radius 3 is 2.87 bits per heavy atom. The first-order chi connectivity index (χ1) is 7.15. The average molecular weight is 286 g/mol. The topological polar surface area (TPSA) is 17.1 Å². The predicted molar refractivity (Wildman–Crippen MR) is 66.2 cm³/mol. The summed E-state index contributed by atoms with van der Waals surface area (Å²) in [6, 6.07) is 5.15. The van der Waals surface area contributed by atoms with Crippen LogP contribution in [0.1, 0.15) is 29.6 Å². The number of hydrogen-bond donors (Lipinski definition) is 0. The maximum atomic E-state index is 11.7. The molecule has 0 bridgehead atoms. The van der Waals surface area contributed by atoms with Crippen molar-refractivity contribution in [1.82, 2.24) is 0 Å². The first-order valence-electron chi connectivity index (χ1n) is 4.57. The van der Waals surface area contributed by atoms with Crippen molar-refractivity contribution in [3.63, 3.8) is 0 Å². The number of rotatable bonds is 4. The normalized spacial score (nSPS) is 9.67. The molecule has 1 aromatic carbocycles. The first-order valence-corrected chi connectivity index (χ1v) is 5.74. The lowest BCUT2D eigenvalue weighted by molar-refractivity contribution is 0.0980. The van der Waals surface area contributed by atoms with E-state index in [1.807, 2.05) is 0 Å². The molecule has 1 nitrogen and oxygen atoms in total. The fourth-order valence-electron chi connectivity index (χ4n) is 1.20. The van der Waals surface area contributed by atoms with Crippen LogP contribution in [0.2, 0.25) is 5.02 Å². The zero-order chi connectivity index (χ0) is 11.3. The van der Waals surface area contributed by atoms with Crippen LogP contribution in [0.5, 0.6) is 0 Å². The van der Waals surface area contributed by atoms with Gasteiger partial charge in [0.05, 0.1) is 0 Å². The van der Waals surface area contributed by atoms with Crippen LogP contribution in [-0.4, -0.2) is 5.78 Å². The first kappa shape index (κ1) is 12.3.